The minimum Gasteiger partial charge on any atom is -0.389 e. The van der Waals surface area contributed by atoms with Crippen LogP contribution in [0.5, 0.6) is 0 Å². The third-order valence-electron chi connectivity index (χ3n) is 3.79. The van der Waals surface area contributed by atoms with Gasteiger partial charge in [-0.3, -0.25) is 0 Å². The number of nitrogens with one attached hydrogen (secondary N) is 2. The molecule has 2 atom stereocenters. The van der Waals surface area contributed by atoms with Gasteiger partial charge in [0.05, 0.1) is 18.8 Å². The lowest BCUT2D eigenvalue weighted by Crippen LogP contribution is -2.41. The number of benzene rings is 2. The van der Waals surface area contributed by atoms with Crippen LogP contribution in [0.25, 0.3) is 11.1 Å². The van der Waals surface area contributed by atoms with Crippen molar-refractivity contribution in [3.8, 4) is 11.1 Å². The fraction of sp³-hybridized carbons (Fsp3) is 0.316. The predicted octanol–water partition coefficient (Wildman–Crippen LogP) is 2.86. The minimum atomic E-state index is -0.735. The highest BCUT2D eigenvalue weighted by Crippen LogP contribution is 2.22. The summed E-state index contributed by atoms with van der Waals surface area (Å²) in [6.45, 7) is 2.16. The van der Waals surface area contributed by atoms with E-state index in [1.807, 2.05) is 31.2 Å². The molecule has 0 aliphatic rings. The highest BCUT2D eigenvalue weighted by Gasteiger charge is 2.11. The largest absolute Gasteiger partial charge is 0.389 e. The molecule has 0 radical (unpaired) electrons. The number of methoxy groups -OCH3 is 1. The number of halogens is 1. The van der Waals surface area contributed by atoms with Crippen molar-refractivity contribution in [3.05, 3.63) is 59.9 Å². The van der Waals surface area contributed by atoms with Crippen LogP contribution in [-0.2, 0) is 4.74 Å². The Balaban J connectivity index is 1.90. The molecule has 0 heterocycles. The monoisotopic (exact) mass is 346 g/mol. The number of ether oxygens (including phenoxy) is 1. The summed E-state index contributed by atoms with van der Waals surface area (Å²) in [6.07, 6.45) is -0.735. The predicted molar refractivity (Wildman–Crippen MR) is 94.7 cm³/mol. The molecule has 134 valence electrons. The van der Waals surface area contributed by atoms with Crippen LogP contribution in [0.4, 0.5) is 9.18 Å². The highest BCUT2D eigenvalue weighted by molar-refractivity contribution is 5.74. The molecule has 0 bridgehead atoms. The quantitative estimate of drug-likeness (QED) is 0.722. The maximum atomic E-state index is 13.0. The number of carbonyl (C=O) groups excluding carboxylic acids is 1. The third kappa shape index (κ3) is 5.85. The number of aliphatic hydroxyl groups excluding tert-OH is 1. The minimum absolute atomic E-state index is 0.121. The maximum absolute atomic E-state index is 13.0. The lowest BCUT2D eigenvalue weighted by Gasteiger charge is -2.17. The van der Waals surface area contributed by atoms with Gasteiger partial charge >= 0.3 is 6.03 Å². The molecular weight excluding hydrogens is 323 g/mol. The SMILES string of the molecule is COC[C@H](O)CNC(=O)N[C@@H](C)c1ccc(-c2ccc(F)cc2)cc1. The summed E-state index contributed by atoms with van der Waals surface area (Å²) < 4.78 is 17.8. The molecule has 0 unspecified atom stereocenters. The molecule has 0 spiro atoms. The van der Waals surface area contributed by atoms with Crippen LogP contribution in [0.2, 0.25) is 0 Å². The van der Waals surface area contributed by atoms with E-state index < -0.39 is 6.10 Å². The van der Waals surface area contributed by atoms with Crippen molar-refractivity contribution in [3.63, 3.8) is 0 Å². The fourth-order valence-corrected chi connectivity index (χ4v) is 2.40. The second-order valence-corrected chi connectivity index (χ2v) is 5.81. The van der Waals surface area contributed by atoms with Gasteiger partial charge in [-0.2, -0.15) is 0 Å². The standard InChI is InChI=1S/C19H23FN2O3/c1-13(22-19(24)21-11-18(23)12-25-2)14-3-5-15(6-4-14)16-7-9-17(20)10-8-16/h3-10,13,18,23H,11-12H2,1-2H3,(H2,21,22,24)/t13-,18+/m0/s1. The van der Waals surface area contributed by atoms with Crippen molar-refractivity contribution in [2.75, 3.05) is 20.3 Å². The molecule has 2 aromatic rings. The molecule has 0 aliphatic carbocycles. The van der Waals surface area contributed by atoms with E-state index in [0.29, 0.717) is 0 Å². The van der Waals surface area contributed by atoms with Crippen LogP contribution in [0.3, 0.4) is 0 Å². The number of aliphatic hydroxyl groups is 1. The van der Waals surface area contributed by atoms with Gasteiger partial charge in [0.2, 0.25) is 0 Å². The number of hydrogen-bond donors (Lipinski definition) is 3. The molecular formula is C19H23FN2O3. The van der Waals surface area contributed by atoms with E-state index in [1.165, 1.54) is 19.2 Å². The Labute approximate surface area is 146 Å². The van der Waals surface area contributed by atoms with Crippen LogP contribution in [-0.4, -0.2) is 37.5 Å². The summed E-state index contributed by atoms with van der Waals surface area (Å²) >= 11 is 0. The number of hydrogen-bond acceptors (Lipinski definition) is 3. The van der Waals surface area contributed by atoms with E-state index in [-0.39, 0.29) is 31.0 Å². The first-order chi connectivity index (χ1) is 12.0. The smallest absolute Gasteiger partial charge is 0.315 e. The van der Waals surface area contributed by atoms with Crippen LogP contribution in [0.1, 0.15) is 18.5 Å². The topological polar surface area (TPSA) is 70.6 Å². The second kappa shape index (κ2) is 9.15. The molecule has 2 amide bonds. The molecule has 0 fully saturated rings. The summed E-state index contributed by atoms with van der Waals surface area (Å²) in [7, 11) is 1.49. The second-order valence-electron chi connectivity index (χ2n) is 5.81. The molecule has 2 aromatic carbocycles. The first-order valence-corrected chi connectivity index (χ1v) is 8.07. The Morgan fingerprint density at radius 2 is 1.68 bits per heavy atom. The Kier molecular flexibility index (Phi) is 6.91. The molecule has 5 nitrogen and oxygen atoms in total. The van der Waals surface area contributed by atoms with E-state index in [1.54, 1.807) is 12.1 Å². The molecule has 0 saturated heterocycles. The van der Waals surface area contributed by atoms with Crippen molar-refractivity contribution in [2.45, 2.75) is 19.1 Å². The van der Waals surface area contributed by atoms with Crippen LogP contribution in [0, 0.1) is 5.82 Å². The van der Waals surface area contributed by atoms with Gasteiger partial charge in [0.15, 0.2) is 0 Å². The van der Waals surface area contributed by atoms with Gasteiger partial charge < -0.3 is 20.5 Å². The first-order valence-electron chi connectivity index (χ1n) is 8.07. The highest BCUT2D eigenvalue weighted by atomic mass is 19.1. The van der Waals surface area contributed by atoms with Crippen molar-refractivity contribution in [1.82, 2.24) is 10.6 Å². The maximum Gasteiger partial charge on any atom is 0.315 e. The molecule has 0 saturated carbocycles. The molecule has 0 aliphatic heterocycles. The lowest BCUT2D eigenvalue weighted by molar-refractivity contribution is 0.0659. The van der Waals surface area contributed by atoms with Gasteiger partial charge in [0.25, 0.3) is 0 Å². The number of rotatable bonds is 7. The van der Waals surface area contributed by atoms with E-state index in [9.17, 15) is 14.3 Å². The van der Waals surface area contributed by atoms with Crippen molar-refractivity contribution in [2.24, 2.45) is 0 Å². The van der Waals surface area contributed by atoms with Gasteiger partial charge in [0.1, 0.15) is 5.82 Å². The zero-order valence-corrected chi connectivity index (χ0v) is 14.3. The van der Waals surface area contributed by atoms with Crippen molar-refractivity contribution in [1.29, 1.82) is 0 Å². The summed E-state index contributed by atoms with van der Waals surface area (Å²) in [5.41, 5.74) is 2.85. The Hall–Kier alpha value is -2.44. The number of amides is 2. The zero-order valence-electron chi connectivity index (χ0n) is 14.3. The van der Waals surface area contributed by atoms with Crippen LogP contribution < -0.4 is 10.6 Å². The lowest BCUT2D eigenvalue weighted by atomic mass is 10.0. The normalized spacial score (nSPS) is 13.1. The Morgan fingerprint density at radius 1 is 1.12 bits per heavy atom. The number of carbonyl (C=O) groups is 1. The summed E-state index contributed by atoms with van der Waals surface area (Å²) in [6, 6.07) is 13.5. The molecule has 6 heteroatoms. The molecule has 3 N–H and O–H groups in total. The fourth-order valence-electron chi connectivity index (χ4n) is 2.40. The molecule has 2 rings (SSSR count). The van der Waals surface area contributed by atoms with Crippen LogP contribution in [0.15, 0.2) is 48.5 Å². The molecule has 25 heavy (non-hydrogen) atoms. The van der Waals surface area contributed by atoms with Gasteiger partial charge in [-0.1, -0.05) is 36.4 Å². The van der Waals surface area contributed by atoms with E-state index >= 15 is 0 Å². The Morgan fingerprint density at radius 3 is 2.24 bits per heavy atom. The van der Waals surface area contributed by atoms with Gasteiger partial charge in [-0.05, 0) is 35.7 Å². The Bertz CT molecular complexity index is 674. The molecule has 0 aromatic heterocycles. The van der Waals surface area contributed by atoms with Gasteiger partial charge in [-0.15, -0.1) is 0 Å². The summed E-state index contributed by atoms with van der Waals surface area (Å²) in [4.78, 5) is 11.8. The van der Waals surface area contributed by atoms with E-state index in [2.05, 4.69) is 10.6 Å². The van der Waals surface area contributed by atoms with E-state index in [4.69, 9.17) is 4.74 Å². The zero-order chi connectivity index (χ0) is 18.2. The average molecular weight is 346 g/mol. The van der Waals surface area contributed by atoms with Crippen LogP contribution >= 0.6 is 0 Å². The first kappa shape index (κ1) is 18.9. The summed E-state index contributed by atoms with van der Waals surface area (Å²) in [5.74, 6) is -0.264. The summed E-state index contributed by atoms with van der Waals surface area (Å²) in [5, 5.41) is 14.9. The van der Waals surface area contributed by atoms with Crippen molar-refractivity contribution < 1.29 is 19.0 Å². The third-order valence-corrected chi connectivity index (χ3v) is 3.79. The number of urea groups is 1. The van der Waals surface area contributed by atoms with Gasteiger partial charge in [0, 0.05) is 13.7 Å². The van der Waals surface area contributed by atoms with E-state index in [0.717, 1.165) is 16.7 Å². The average Bonchev–Trinajstić information content (AvgIpc) is 2.61. The van der Waals surface area contributed by atoms with Crippen molar-refractivity contribution >= 4 is 6.03 Å². The van der Waals surface area contributed by atoms with Gasteiger partial charge in [-0.25, -0.2) is 9.18 Å².